The summed E-state index contributed by atoms with van der Waals surface area (Å²) in [6.45, 7) is 4.47. The number of nitrogens with zero attached hydrogens (tertiary/aromatic N) is 1. The van der Waals surface area contributed by atoms with E-state index in [1.165, 1.54) is 16.9 Å². The lowest BCUT2D eigenvalue weighted by Gasteiger charge is -2.31. The molecule has 1 amide bonds. The average molecular weight is 430 g/mol. The third kappa shape index (κ3) is 6.09. The number of amides is 1. The van der Waals surface area contributed by atoms with Gasteiger partial charge in [0.15, 0.2) is 0 Å². The average Bonchev–Trinajstić information content (AvgIpc) is 2.84. The van der Waals surface area contributed by atoms with Crippen molar-refractivity contribution in [3.8, 4) is 11.8 Å². The number of quaternary nitrogens is 1. The van der Waals surface area contributed by atoms with E-state index in [9.17, 15) is 9.90 Å². The molecule has 2 N–H and O–H groups in total. The Labute approximate surface area is 191 Å². The third-order valence-electron chi connectivity index (χ3n) is 6.53. The predicted molar refractivity (Wildman–Crippen MR) is 128 cm³/mol. The van der Waals surface area contributed by atoms with E-state index in [0.717, 1.165) is 64.0 Å². The summed E-state index contributed by atoms with van der Waals surface area (Å²) in [5.74, 6) is 6.26. The molecule has 0 atom stereocenters. The maximum absolute atomic E-state index is 12.9. The summed E-state index contributed by atoms with van der Waals surface area (Å²) in [5.41, 5.74) is 1.94. The van der Waals surface area contributed by atoms with E-state index in [0.29, 0.717) is 5.56 Å². The Morgan fingerprint density at radius 2 is 1.69 bits per heavy atom. The number of hydrogen-bond donors (Lipinski definition) is 2. The lowest BCUT2D eigenvalue weighted by atomic mass is 9.85. The van der Waals surface area contributed by atoms with Crippen molar-refractivity contribution in [3.63, 3.8) is 0 Å². The van der Waals surface area contributed by atoms with E-state index in [1.54, 1.807) is 0 Å². The van der Waals surface area contributed by atoms with Gasteiger partial charge in [-0.2, -0.15) is 0 Å². The number of rotatable bonds is 4. The molecule has 1 aliphatic heterocycles. The molecule has 1 saturated carbocycles. The molecule has 0 radical (unpaired) electrons. The molecular weight excluding hydrogens is 396 g/mol. The number of benzene rings is 2. The fraction of sp³-hybridized carbons (Fsp3) is 0.393. The fourth-order valence-electron chi connectivity index (χ4n) is 4.48. The highest BCUT2D eigenvalue weighted by atomic mass is 16.3. The number of carbonyl (C=O) groups is 1. The summed E-state index contributed by atoms with van der Waals surface area (Å²) in [4.78, 5) is 16.4. The second kappa shape index (κ2) is 10.6. The number of carbonyl (C=O) groups excluding carboxylic acids is 1. The van der Waals surface area contributed by atoms with E-state index in [-0.39, 0.29) is 5.91 Å². The highest BCUT2D eigenvalue weighted by molar-refractivity contribution is 5.94. The Morgan fingerprint density at radius 3 is 2.38 bits per heavy atom. The topological polar surface area (TPSA) is 45.0 Å². The van der Waals surface area contributed by atoms with Crippen LogP contribution in [0.2, 0.25) is 0 Å². The molecule has 4 nitrogen and oxygen atoms in total. The van der Waals surface area contributed by atoms with Gasteiger partial charge in [-0.25, -0.2) is 0 Å². The van der Waals surface area contributed by atoms with Crippen LogP contribution in [0.15, 0.2) is 60.7 Å². The van der Waals surface area contributed by atoms with Gasteiger partial charge >= 0.3 is 0 Å². The maximum Gasteiger partial charge on any atom is 0.254 e. The number of aliphatic hydroxyl groups is 1. The minimum absolute atomic E-state index is 0.0919. The first-order chi connectivity index (χ1) is 15.6. The largest absolute Gasteiger partial charge is 0.378 e. The molecule has 1 saturated heterocycles. The zero-order valence-electron chi connectivity index (χ0n) is 18.7. The Morgan fingerprint density at radius 1 is 1.00 bits per heavy atom. The van der Waals surface area contributed by atoms with Gasteiger partial charge in [-0.3, -0.25) is 4.79 Å². The smallest absolute Gasteiger partial charge is 0.254 e. The minimum atomic E-state index is -0.842. The zero-order valence-corrected chi connectivity index (χ0v) is 18.7. The molecule has 2 aromatic rings. The molecule has 32 heavy (non-hydrogen) atoms. The van der Waals surface area contributed by atoms with Crippen molar-refractivity contribution in [3.05, 3.63) is 77.4 Å². The van der Waals surface area contributed by atoms with Crippen molar-refractivity contribution in [2.75, 3.05) is 32.7 Å². The van der Waals surface area contributed by atoms with Crippen LogP contribution in [0.25, 0.3) is 6.08 Å². The second-order valence-corrected chi connectivity index (χ2v) is 8.98. The summed E-state index contributed by atoms with van der Waals surface area (Å²) in [5, 5.41) is 10.5. The van der Waals surface area contributed by atoms with Gasteiger partial charge in [0.25, 0.3) is 5.91 Å². The SMILES string of the molecule is O=C(c1ccc(C#CC2(O)CCCCC2)cc1)N1CC[NH+](C/C=C/c2ccccc2)CC1. The van der Waals surface area contributed by atoms with E-state index in [1.807, 2.05) is 35.2 Å². The molecule has 166 valence electrons. The van der Waals surface area contributed by atoms with Gasteiger partial charge in [0, 0.05) is 11.1 Å². The van der Waals surface area contributed by atoms with Crippen molar-refractivity contribution in [1.82, 2.24) is 4.90 Å². The van der Waals surface area contributed by atoms with Gasteiger partial charge in [-0.15, -0.1) is 0 Å². The zero-order chi connectivity index (χ0) is 22.2. The van der Waals surface area contributed by atoms with E-state index >= 15 is 0 Å². The summed E-state index contributed by atoms with van der Waals surface area (Å²) in [6.07, 6.45) is 9.17. The summed E-state index contributed by atoms with van der Waals surface area (Å²) < 4.78 is 0. The first-order valence-electron chi connectivity index (χ1n) is 11.8. The molecule has 4 heteroatoms. The van der Waals surface area contributed by atoms with Crippen molar-refractivity contribution in [2.45, 2.75) is 37.7 Å². The molecule has 2 aliphatic rings. The van der Waals surface area contributed by atoms with Crippen LogP contribution >= 0.6 is 0 Å². The van der Waals surface area contributed by atoms with E-state index in [4.69, 9.17) is 0 Å². The molecule has 0 unspecified atom stereocenters. The molecule has 4 rings (SSSR count). The molecule has 0 bridgehead atoms. The van der Waals surface area contributed by atoms with Crippen LogP contribution < -0.4 is 4.90 Å². The molecular formula is C28H33N2O2+. The molecule has 0 spiro atoms. The van der Waals surface area contributed by atoms with Crippen LogP contribution in [0, 0.1) is 11.8 Å². The van der Waals surface area contributed by atoms with Gasteiger partial charge in [0.05, 0.1) is 32.7 Å². The van der Waals surface area contributed by atoms with Crippen LogP contribution in [-0.4, -0.2) is 54.2 Å². The minimum Gasteiger partial charge on any atom is -0.378 e. The lowest BCUT2D eigenvalue weighted by Crippen LogP contribution is -3.14. The quantitative estimate of drug-likeness (QED) is 0.734. The predicted octanol–water partition coefficient (Wildman–Crippen LogP) is 2.79. The van der Waals surface area contributed by atoms with Crippen molar-refractivity contribution >= 4 is 12.0 Å². The molecule has 2 fully saturated rings. The molecule has 2 aromatic carbocycles. The van der Waals surface area contributed by atoms with Crippen LogP contribution in [-0.2, 0) is 0 Å². The lowest BCUT2D eigenvalue weighted by molar-refractivity contribution is -0.898. The highest BCUT2D eigenvalue weighted by Gasteiger charge is 2.26. The first-order valence-corrected chi connectivity index (χ1v) is 11.8. The van der Waals surface area contributed by atoms with Crippen molar-refractivity contribution in [1.29, 1.82) is 0 Å². The summed E-state index contributed by atoms with van der Waals surface area (Å²) in [7, 11) is 0. The van der Waals surface area contributed by atoms with Gasteiger partial charge < -0.3 is 14.9 Å². The Balaban J connectivity index is 1.26. The van der Waals surface area contributed by atoms with Crippen molar-refractivity contribution < 1.29 is 14.8 Å². The van der Waals surface area contributed by atoms with Gasteiger partial charge in [0.2, 0.25) is 0 Å². The molecule has 0 aromatic heterocycles. The van der Waals surface area contributed by atoms with Gasteiger partial charge in [-0.05, 0) is 61.6 Å². The van der Waals surface area contributed by atoms with Crippen molar-refractivity contribution in [2.24, 2.45) is 0 Å². The normalized spacial score (nSPS) is 18.8. The third-order valence-corrected chi connectivity index (χ3v) is 6.53. The summed E-state index contributed by atoms with van der Waals surface area (Å²) in [6, 6.07) is 17.9. The fourth-order valence-corrected chi connectivity index (χ4v) is 4.48. The summed E-state index contributed by atoms with van der Waals surface area (Å²) >= 11 is 0. The highest BCUT2D eigenvalue weighted by Crippen LogP contribution is 2.27. The van der Waals surface area contributed by atoms with Crippen LogP contribution in [0.5, 0.6) is 0 Å². The standard InChI is InChI=1S/C28H32N2O2/c31-27(26-13-11-25(12-14-26)15-18-28(32)16-5-2-6-17-28)30-22-20-29(21-23-30)19-7-10-24-8-3-1-4-9-24/h1,3-4,7-14,32H,2,5-6,16-17,19-23H2/p+1/b10-7+. The monoisotopic (exact) mass is 429 g/mol. The Bertz CT molecular complexity index is 972. The van der Waals surface area contributed by atoms with Crippen LogP contribution in [0.1, 0.15) is 53.6 Å². The van der Waals surface area contributed by atoms with E-state index in [2.05, 4.69) is 48.3 Å². The maximum atomic E-state index is 12.9. The van der Waals surface area contributed by atoms with E-state index < -0.39 is 5.60 Å². The van der Waals surface area contributed by atoms with Crippen LogP contribution in [0.4, 0.5) is 0 Å². The second-order valence-electron chi connectivity index (χ2n) is 8.98. The molecule has 1 heterocycles. The van der Waals surface area contributed by atoms with Crippen LogP contribution in [0.3, 0.4) is 0 Å². The Hall–Kier alpha value is -2.87. The number of hydrogen-bond acceptors (Lipinski definition) is 2. The first kappa shape index (κ1) is 22.3. The van der Waals surface area contributed by atoms with Gasteiger partial charge in [0.1, 0.15) is 5.60 Å². The molecule has 1 aliphatic carbocycles. The number of piperazine rings is 1. The Kier molecular flexibility index (Phi) is 7.42. The van der Waals surface area contributed by atoms with Gasteiger partial charge in [-0.1, -0.05) is 54.7 Å². The number of nitrogens with one attached hydrogen (secondary N) is 1.